The van der Waals surface area contributed by atoms with Crippen molar-refractivity contribution in [3.8, 4) is 11.7 Å². The predicted octanol–water partition coefficient (Wildman–Crippen LogP) is 3.52. The summed E-state index contributed by atoms with van der Waals surface area (Å²) >= 11 is 1.62. The molecule has 0 radical (unpaired) electrons. The number of nitrogens with two attached hydrogens (primary N) is 1. The lowest BCUT2D eigenvalue weighted by Gasteiger charge is -1.97. The Balaban J connectivity index is 1.76. The molecular formula is C16H12N4OS. The number of benzene rings is 1. The monoisotopic (exact) mass is 308 g/mol. The first kappa shape index (κ1) is 13.0. The van der Waals surface area contributed by atoms with Crippen LogP contribution in [0.5, 0.6) is 0 Å². The molecule has 4 rings (SSSR count). The van der Waals surface area contributed by atoms with Crippen molar-refractivity contribution in [3.05, 3.63) is 59.3 Å². The summed E-state index contributed by atoms with van der Waals surface area (Å²) in [7, 11) is 0. The van der Waals surface area contributed by atoms with E-state index in [9.17, 15) is 0 Å². The lowest BCUT2D eigenvalue weighted by Crippen LogP contribution is -1.95. The lowest BCUT2D eigenvalue weighted by molar-refractivity contribution is 0.569. The summed E-state index contributed by atoms with van der Waals surface area (Å²) in [5, 5.41) is 0.881. The Labute approximate surface area is 130 Å². The smallest absolute Gasteiger partial charge is 0.264 e. The Bertz CT molecular complexity index is 916. The number of nitrogens with zero attached hydrogens (tertiary/aromatic N) is 3. The molecule has 22 heavy (non-hydrogen) atoms. The topological polar surface area (TPSA) is 77.8 Å². The molecule has 1 aromatic carbocycles. The quantitative estimate of drug-likeness (QED) is 0.626. The summed E-state index contributed by atoms with van der Waals surface area (Å²) in [6.07, 6.45) is 3.91. The van der Waals surface area contributed by atoms with Gasteiger partial charge in [-0.3, -0.25) is 0 Å². The second-order valence-corrected chi connectivity index (χ2v) is 5.98. The fraction of sp³-hybridized carbons (Fsp3) is 0.0625. The predicted molar refractivity (Wildman–Crippen MR) is 86.6 cm³/mol. The van der Waals surface area contributed by atoms with Gasteiger partial charge in [-0.25, -0.2) is 15.0 Å². The van der Waals surface area contributed by atoms with Gasteiger partial charge in [-0.1, -0.05) is 30.3 Å². The van der Waals surface area contributed by atoms with E-state index in [0.29, 0.717) is 17.5 Å². The molecule has 5 nitrogen and oxygen atoms in total. The van der Waals surface area contributed by atoms with E-state index in [1.54, 1.807) is 17.5 Å². The van der Waals surface area contributed by atoms with Crippen molar-refractivity contribution in [2.24, 2.45) is 0 Å². The molecule has 0 saturated heterocycles. The molecule has 0 fully saturated rings. The Morgan fingerprint density at radius 1 is 1.14 bits per heavy atom. The zero-order valence-electron chi connectivity index (χ0n) is 11.6. The number of anilines is 1. The molecule has 3 aromatic heterocycles. The molecule has 108 valence electrons. The summed E-state index contributed by atoms with van der Waals surface area (Å²) in [6, 6.07) is 12.4. The molecule has 0 amide bonds. The van der Waals surface area contributed by atoms with Crippen molar-refractivity contribution in [2.45, 2.75) is 6.42 Å². The van der Waals surface area contributed by atoms with Crippen LogP contribution in [0.3, 0.4) is 0 Å². The lowest BCUT2D eigenvalue weighted by atomic mass is 10.1. The fourth-order valence-corrected chi connectivity index (χ4v) is 3.38. The van der Waals surface area contributed by atoms with Crippen molar-refractivity contribution in [2.75, 3.05) is 5.73 Å². The summed E-state index contributed by atoms with van der Waals surface area (Å²) in [6.45, 7) is 0. The number of oxazole rings is 1. The average molecular weight is 308 g/mol. The van der Waals surface area contributed by atoms with Crippen molar-refractivity contribution in [1.82, 2.24) is 15.0 Å². The van der Waals surface area contributed by atoms with E-state index < -0.39 is 0 Å². The first-order chi connectivity index (χ1) is 10.8. The summed E-state index contributed by atoms with van der Waals surface area (Å²) in [4.78, 5) is 14.9. The van der Waals surface area contributed by atoms with E-state index in [1.165, 1.54) is 16.7 Å². The van der Waals surface area contributed by atoms with Crippen molar-refractivity contribution in [1.29, 1.82) is 0 Å². The molecule has 2 N–H and O–H groups in total. The van der Waals surface area contributed by atoms with Gasteiger partial charge in [-0.2, -0.15) is 0 Å². The van der Waals surface area contributed by atoms with Crippen LogP contribution in [0.25, 0.3) is 21.9 Å². The number of hydrogen-bond acceptors (Lipinski definition) is 6. The molecule has 0 atom stereocenters. The average Bonchev–Trinajstić information content (AvgIpc) is 3.17. The fourth-order valence-electron chi connectivity index (χ4n) is 2.31. The van der Waals surface area contributed by atoms with E-state index in [1.807, 2.05) is 18.2 Å². The van der Waals surface area contributed by atoms with Gasteiger partial charge in [0.05, 0.1) is 11.6 Å². The van der Waals surface area contributed by atoms with Gasteiger partial charge in [-0.05, 0) is 11.6 Å². The van der Waals surface area contributed by atoms with Gasteiger partial charge in [-0.15, -0.1) is 11.3 Å². The second kappa shape index (κ2) is 5.23. The van der Waals surface area contributed by atoms with E-state index >= 15 is 0 Å². The summed E-state index contributed by atoms with van der Waals surface area (Å²) in [5.41, 5.74) is 7.31. The Kier molecular flexibility index (Phi) is 3.08. The minimum Gasteiger partial charge on any atom is -0.442 e. The van der Waals surface area contributed by atoms with Crippen molar-refractivity contribution in [3.63, 3.8) is 0 Å². The van der Waals surface area contributed by atoms with Crippen molar-refractivity contribution < 1.29 is 4.42 Å². The van der Waals surface area contributed by atoms with Gasteiger partial charge in [0.25, 0.3) is 5.89 Å². The van der Waals surface area contributed by atoms with Crippen LogP contribution in [-0.2, 0) is 6.42 Å². The molecule has 0 spiro atoms. The van der Waals surface area contributed by atoms with E-state index in [-0.39, 0.29) is 0 Å². The highest BCUT2D eigenvalue weighted by Gasteiger charge is 2.13. The van der Waals surface area contributed by atoms with Crippen LogP contribution in [0, 0.1) is 0 Å². The van der Waals surface area contributed by atoms with Crippen LogP contribution in [-0.4, -0.2) is 15.0 Å². The largest absolute Gasteiger partial charge is 0.442 e. The third kappa shape index (κ3) is 2.33. The normalized spacial score (nSPS) is 11.1. The van der Waals surface area contributed by atoms with Crippen LogP contribution < -0.4 is 5.73 Å². The third-order valence-corrected chi connectivity index (χ3v) is 4.35. The van der Waals surface area contributed by atoms with Gasteiger partial charge in [0.15, 0.2) is 0 Å². The van der Waals surface area contributed by atoms with Crippen LogP contribution in [0.15, 0.2) is 53.3 Å². The number of thiophene rings is 1. The van der Waals surface area contributed by atoms with Gasteiger partial charge >= 0.3 is 0 Å². The zero-order valence-corrected chi connectivity index (χ0v) is 12.4. The van der Waals surface area contributed by atoms with Crippen molar-refractivity contribution >= 4 is 27.4 Å². The summed E-state index contributed by atoms with van der Waals surface area (Å²) in [5.74, 6) is 1.25. The molecule has 0 bridgehead atoms. The third-order valence-electron chi connectivity index (χ3n) is 3.32. The second-order valence-electron chi connectivity index (χ2n) is 4.86. The molecule has 0 aliphatic rings. The van der Waals surface area contributed by atoms with Gasteiger partial charge in [0.1, 0.15) is 16.9 Å². The highest BCUT2D eigenvalue weighted by atomic mass is 32.1. The standard InChI is InChI=1S/C16H12N4OS/c17-13-12-9-11(8-10-4-2-1-3-5-10)22-16(12)20-14(19-13)15-18-6-7-21-15/h1-7,9H,8H2,(H2,17,19,20). The first-order valence-corrected chi connectivity index (χ1v) is 7.61. The molecule has 4 aromatic rings. The van der Waals surface area contributed by atoms with Crippen LogP contribution in [0.4, 0.5) is 5.82 Å². The number of nitrogen functional groups attached to an aromatic ring is 1. The molecule has 0 aliphatic carbocycles. The minimum absolute atomic E-state index is 0.381. The highest BCUT2D eigenvalue weighted by molar-refractivity contribution is 7.18. The molecule has 0 saturated carbocycles. The van der Waals surface area contributed by atoms with Crippen LogP contribution in [0.1, 0.15) is 10.4 Å². The Hall–Kier alpha value is -2.73. The summed E-state index contributed by atoms with van der Waals surface area (Å²) < 4.78 is 5.24. The highest BCUT2D eigenvalue weighted by Crippen LogP contribution is 2.30. The molecular weight excluding hydrogens is 296 g/mol. The van der Waals surface area contributed by atoms with Crippen LogP contribution in [0.2, 0.25) is 0 Å². The number of hydrogen-bond donors (Lipinski definition) is 1. The van der Waals surface area contributed by atoms with Gasteiger partial charge < -0.3 is 10.2 Å². The minimum atomic E-state index is 0.381. The number of rotatable bonds is 3. The van der Waals surface area contributed by atoms with E-state index in [2.05, 4.69) is 33.2 Å². The maximum Gasteiger partial charge on any atom is 0.264 e. The van der Waals surface area contributed by atoms with Gasteiger partial charge in [0.2, 0.25) is 5.82 Å². The van der Waals surface area contributed by atoms with E-state index in [4.69, 9.17) is 10.2 Å². The zero-order chi connectivity index (χ0) is 14.9. The molecule has 6 heteroatoms. The van der Waals surface area contributed by atoms with E-state index in [0.717, 1.165) is 16.6 Å². The number of fused-ring (bicyclic) bond motifs is 1. The molecule has 3 heterocycles. The Morgan fingerprint density at radius 3 is 2.77 bits per heavy atom. The SMILES string of the molecule is Nc1nc(-c2ncco2)nc2sc(Cc3ccccc3)cc12. The molecule has 0 aliphatic heterocycles. The first-order valence-electron chi connectivity index (χ1n) is 6.79. The Morgan fingerprint density at radius 2 is 2.00 bits per heavy atom. The van der Waals surface area contributed by atoms with Crippen LogP contribution >= 0.6 is 11.3 Å². The maximum atomic E-state index is 6.06. The number of aromatic nitrogens is 3. The molecule has 0 unspecified atom stereocenters. The van der Waals surface area contributed by atoms with Gasteiger partial charge in [0, 0.05) is 11.3 Å². The maximum absolute atomic E-state index is 6.06.